The molecule has 28 heavy (non-hydrogen) atoms. The van der Waals surface area contributed by atoms with Crippen molar-refractivity contribution in [2.24, 2.45) is 5.73 Å². The minimum Gasteiger partial charge on any atom is -0.325 e. The van der Waals surface area contributed by atoms with Crippen LogP contribution in [0, 0.1) is 12.7 Å². The molecule has 0 saturated heterocycles. The number of rotatable bonds is 4. The number of hydrogen-bond donors (Lipinski definition) is 1. The second-order valence-corrected chi connectivity index (χ2v) is 6.41. The van der Waals surface area contributed by atoms with Crippen molar-refractivity contribution in [2.75, 3.05) is 0 Å². The lowest BCUT2D eigenvalue weighted by Crippen LogP contribution is -2.04. The van der Waals surface area contributed by atoms with Gasteiger partial charge in [-0.05, 0) is 48.9 Å². The fourth-order valence-corrected chi connectivity index (χ4v) is 2.91. The topological polar surface area (TPSA) is 77.6 Å². The van der Waals surface area contributed by atoms with Crippen molar-refractivity contribution in [3.05, 3.63) is 84.2 Å². The van der Waals surface area contributed by atoms with Crippen LogP contribution in [-0.2, 0) is 6.54 Å². The van der Waals surface area contributed by atoms with Crippen LogP contribution in [0.2, 0.25) is 0 Å². The van der Waals surface area contributed by atoms with Gasteiger partial charge in [0.25, 0.3) is 0 Å². The minimum atomic E-state index is -0.272. The number of nitrogens with zero attached hydrogens (tertiary/aromatic N) is 4. The van der Waals surface area contributed by atoms with Crippen molar-refractivity contribution in [3.8, 4) is 33.9 Å². The van der Waals surface area contributed by atoms with Crippen molar-refractivity contribution in [2.45, 2.75) is 13.5 Å². The molecule has 5 nitrogen and oxygen atoms in total. The Morgan fingerprint density at radius 1 is 0.821 bits per heavy atom. The molecular weight excluding hydrogens is 353 g/mol. The first-order chi connectivity index (χ1) is 13.6. The monoisotopic (exact) mass is 371 g/mol. The van der Waals surface area contributed by atoms with Gasteiger partial charge in [-0.25, -0.2) is 19.3 Å². The lowest BCUT2D eigenvalue weighted by atomic mass is 10.0. The van der Waals surface area contributed by atoms with Crippen molar-refractivity contribution in [1.82, 2.24) is 19.9 Å². The molecule has 4 aromatic rings. The predicted molar refractivity (Wildman–Crippen MR) is 107 cm³/mol. The number of hydrogen-bond acceptors (Lipinski definition) is 5. The molecule has 0 aliphatic rings. The third-order valence-electron chi connectivity index (χ3n) is 4.32. The molecule has 2 N–H and O–H groups in total. The molecule has 1 aromatic carbocycles. The van der Waals surface area contributed by atoms with Crippen LogP contribution in [0.25, 0.3) is 33.9 Å². The molecule has 0 amide bonds. The Hall–Kier alpha value is -3.51. The summed E-state index contributed by atoms with van der Waals surface area (Å²) >= 11 is 0. The molecule has 0 radical (unpaired) electrons. The molecule has 0 aliphatic carbocycles. The van der Waals surface area contributed by atoms with E-state index in [9.17, 15) is 4.39 Å². The normalized spacial score (nSPS) is 10.8. The van der Waals surface area contributed by atoms with Gasteiger partial charge in [0, 0.05) is 35.8 Å². The smallest absolute Gasteiger partial charge is 0.179 e. The zero-order valence-electron chi connectivity index (χ0n) is 15.3. The van der Waals surface area contributed by atoms with E-state index in [-0.39, 0.29) is 5.82 Å². The van der Waals surface area contributed by atoms with Crippen molar-refractivity contribution < 1.29 is 4.39 Å². The molecule has 0 unspecified atom stereocenters. The number of aryl methyl sites for hydroxylation is 1. The number of nitrogens with two attached hydrogens (primary N) is 1. The average Bonchev–Trinajstić information content (AvgIpc) is 2.74. The molecule has 3 heterocycles. The summed E-state index contributed by atoms with van der Waals surface area (Å²) < 4.78 is 13.2. The van der Waals surface area contributed by atoms with E-state index in [1.165, 1.54) is 12.1 Å². The maximum absolute atomic E-state index is 13.2. The summed E-state index contributed by atoms with van der Waals surface area (Å²) in [7, 11) is 0. The minimum absolute atomic E-state index is 0.272. The fraction of sp³-hybridized carbons (Fsp3) is 0.0909. The lowest BCUT2D eigenvalue weighted by molar-refractivity contribution is 0.628. The third-order valence-corrected chi connectivity index (χ3v) is 4.32. The van der Waals surface area contributed by atoms with Gasteiger partial charge in [-0.3, -0.25) is 4.98 Å². The third kappa shape index (κ3) is 3.77. The Balaban J connectivity index is 1.79. The summed E-state index contributed by atoms with van der Waals surface area (Å²) in [5.41, 5.74) is 11.4. The van der Waals surface area contributed by atoms with Gasteiger partial charge in [-0.1, -0.05) is 18.2 Å². The number of benzene rings is 1. The quantitative estimate of drug-likeness (QED) is 0.582. The molecule has 0 fully saturated rings. The highest BCUT2D eigenvalue weighted by molar-refractivity contribution is 5.71. The van der Waals surface area contributed by atoms with Gasteiger partial charge in [0.15, 0.2) is 5.82 Å². The molecule has 4 rings (SSSR count). The van der Waals surface area contributed by atoms with Gasteiger partial charge in [0.05, 0.1) is 11.4 Å². The molecule has 0 bridgehead atoms. The molecule has 3 aromatic heterocycles. The highest BCUT2D eigenvalue weighted by atomic mass is 19.1. The number of pyridine rings is 2. The summed E-state index contributed by atoms with van der Waals surface area (Å²) in [5, 5.41) is 0. The van der Waals surface area contributed by atoms with Gasteiger partial charge in [-0.2, -0.15) is 0 Å². The van der Waals surface area contributed by atoms with E-state index in [0.29, 0.717) is 23.8 Å². The molecule has 6 heteroatoms. The zero-order chi connectivity index (χ0) is 19.5. The molecule has 0 aliphatic heterocycles. The Morgan fingerprint density at radius 3 is 2.36 bits per heavy atom. The molecular formula is C22H18FN5. The summed E-state index contributed by atoms with van der Waals surface area (Å²) in [5.74, 6) is 0.250. The van der Waals surface area contributed by atoms with E-state index in [1.807, 2.05) is 37.3 Å². The zero-order valence-corrected chi connectivity index (χ0v) is 15.3. The molecule has 138 valence electrons. The maximum Gasteiger partial charge on any atom is 0.179 e. The van der Waals surface area contributed by atoms with Gasteiger partial charge >= 0.3 is 0 Å². The molecule has 0 spiro atoms. The second kappa shape index (κ2) is 7.62. The van der Waals surface area contributed by atoms with Crippen LogP contribution >= 0.6 is 0 Å². The summed E-state index contributed by atoms with van der Waals surface area (Å²) in [4.78, 5) is 18.0. The van der Waals surface area contributed by atoms with Crippen LogP contribution < -0.4 is 5.73 Å². The first-order valence-corrected chi connectivity index (χ1v) is 8.86. The van der Waals surface area contributed by atoms with Crippen LogP contribution in [0.15, 0.2) is 67.0 Å². The Labute approximate surface area is 162 Å². The number of aromatic nitrogens is 4. The first-order valence-electron chi connectivity index (χ1n) is 8.86. The lowest BCUT2D eigenvalue weighted by Gasteiger charge is -2.09. The predicted octanol–water partition coefficient (Wildman–Crippen LogP) is 4.17. The van der Waals surface area contributed by atoms with Gasteiger partial charge in [-0.15, -0.1) is 0 Å². The standard InChI is InChI=1S/C22H18FN5/c1-14-3-2-4-20(26-14)22-27-19(11-24)10-21(28-22)17-9-16(12-25-13-17)15-5-7-18(23)8-6-15/h2-10,12-13H,11,24H2,1H3. The molecule has 0 atom stereocenters. The van der Waals surface area contributed by atoms with E-state index in [0.717, 1.165) is 28.1 Å². The highest BCUT2D eigenvalue weighted by Gasteiger charge is 2.11. The van der Waals surface area contributed by atoms with E-state index in [4.69, 9.17) is 5.73 Å². The summed E-state index contributed by atoms with van der Waals surface area (Å²) in [6.07, 6.45) is 3.48. The SMILES string of the molecule is Cc1cccc(-c2nc(CN)cc(-c3cncc(-c4ccc(F)cc4)c3)n2)n1. The van der Waals surface area contributed by atoms with E-state index in [1.54, 1.807) is 24.5 Å². The van der Waals surface area contributed by atoms with E-state index in [2.05, 4.69) is 19.9 Å². The molecule has 0 saturated carbocycles. The maximum atomic E-state index is 13.2. The van der Waals surface area contributed by atoms with Crippen LogP contribution in [0.1, 0.15) is 11.4 Å². The number of halogens is 1. The van der Waals surface area contributed by atoms with Crippen LogP contribution in [-0.4, -0.2) is 19.9 Å². The van der Waals surface area contributed by atoms with Crippen LogP contribution in [0.5, 0.6) is 0 Å². The fourth-order valence-electron chi connectivity index (χ4n) is 2.91. The van der Waals surface area contributed by atoms with Crippen molar-refractivity contribution in [1.29, 1.82) is 0 Å². The average molecular weight is 371 g/mol. The highest BCUT2D eigenvalue weighted by Crippen LogP contribution is 2.26. The van der Waals surface area contributed by atoms with E-state index < -0.39 is 0 Å². The first kappa shape index (κ1) is 17.9. The van der Waals surface area contributed by atoms with Gasteiger partial charge in [0.1, 0.15) is 11.5 Å². The van der Waals surface area contributed by atoms with Crippen LogP contribution in [0.4, 0.5) is 4.39 Å². The van der Waals surface area contributed by atoms with E-state index >= 15 is 0 Å². The van der Waals surface area contributed by atoms with Gasteiger partial charge in [0.2, 0.25) is 0 Å². The summed E-state index contributed by atoms with van der Waals surface area (Å²) in [6, 6.07) is 15.9. The second-order valence-electron chi connectivity index (χ2n) is 6.41. The van der Waals surface area contributed by atoms with Crippen LogP contribution in [0.3, 0.4) is 0 Å². The largest absolute Gasteiger partial charge is 0.325 e. The van der Waals surface area contributed by atoms with Gasteiger partial charge < -0.3 is 5.73 Å². The van der Waals surface area contributed by atoms with Crippen molar-refractivity contribution in [3.63, 3.8) is 0 Å². The Kier molecular flexibility index (Phi) is 4.87. The Bertz CT molecular complexity index is 1130. The van der Waals surface area contributed by atoms with Crippen molar-refractivity contribution >= 4 is 0 Å². The Morgan fingerprint density at radius 2 is 1.61 bits per heavy atom. The summed E-state index contributed by atoms with van der Waals surface area (Å²) in [6.45, 7) is 2.21.